The minimum Gasteiger partial charge on any atom is -0.271 e. The zero-order valence-electron chi connectivity index (χ0n) is 12.3. The molecule has 2 aromatic rings. The van der Waals surface area contributed by atoms with Crippen LogP contribution in [-0.2, 0) is 11.3 Å². The number of nitrogens with zero attached hydrogens (tertiary/aromatic N) is 6. The Labute approximate surface area is 128 Å². The predicted molar refractivity (Wildman–Crippen MR) is 82.2 cm³/mol. The van der Waals surface area contributed by atoms with Crippen molar-refractivity contribution in [3.63, 3.8) is 0 Å². The molecule has 0 spiro atoms. The van der Waals surface area contributed by atoms with Crippen LogP contribution in [0, 0.1) is 0 Å². The van der Waals surface area contributed by atoms with Crippen LogP contribution in [-0.4, -0.2) is 25.7 Å². The summed E-state index contributed by atoms with van der Waals surface area (Å²) in [7, 11) is 0. The van der Waals surface area contributed by atoms with Crippen LogP contribution >= 0.6 is 0 Å². The Bertz CT molecular complexity index is 702. The summed E-state index contributed by atoms with van der Waals surface area (Å²) in [5.74, 6) is 0.271. The number of carbonyl (C=O) groups is 1. The standard InChI is InChI=1S/C15H16N6O/c1-3-12(4-2)15-17-11-21(20-15)10-7-14(22)19-18-13-5-8-16-9-6-13/h3-6,8-9,11H,1,7,10H2,2H3. The van der Waals surface area contributed by atoms with Crippen LogP contribution < -0.4 is 0 Å². The smallest absolute Gasteiger partial charge is 0.266 e. The summed E-state index contributed by atoms with van der Waals surface area (Å²) < 4.78 is 1.60. The minimum absolute atomic E-state index is 0.205. The molecule has 7 heteroatoms. The van der Waals surface area contributed by atoms with Gasteiger partial charge in [-0.2, -0.15) is 5.10 Å². The van der Waals surface area contributed by atoms with Crippen molar-refractivity contribution in [1.29, 1.82) is 0 Å². The average Bonchev–Trinajstić information content (AvgIpc) is 3.02. The number of pyridine rings is 1. The van der Waals surface area contributed by atoms with Crippen molar-refractivity contribution >= 4 is 17.2 Å². The second-order valence-corrected chi connectivity index (χ2v) is 4.33. The Morgan fingerprint density at radius 2 is 2.18 bits per heavy atom. The molecule has 0 fully saturated rings. The summed E-state index contributed by atoms with van der Waals surface area (Å²) >= 11 is 0. The molecule has 7 nitrogen and oxygen atoms in total. The monoisotopic (exact) mass is 296 g/mol. The number of amides is 1. The van der Waals surface area contributed by atoms with Crippen LogP contribution in [0.15, 0.2) is 59.8 Å². The number of hydrogen-bond acceptors (Lipinski definition) is 5. The van der Waals surface area contributed by atoms with E-state index < -0.39 is 0 Å². The van der Waals surface area contributed by atoms with Gasteiger partial charge in [-0.1, -0.05) is 18.7 Å². The lowest BCUT2D eigenvalue weighted by molar-refractivity contribution is -0.118. The Balaban J connectivity index is 1.89. The summed E-state index contributed by atoms with van der Waals surface area (Å²) in [5.41, 5.74) is 1.44. The summed E-state index contributed by atoms with van der Waals surface area (Å²) in [6, 6.07) is 3.35. The van der Waals surface area contributed by atoms with E-state index in [0.29, 0.717) is 18.1 Å². The molecule has 0 radical (unpaired) electrons. The highest BCUT2D eigenvalue weighted by atomic mass is 16.1. The van der Waals surface area contributed by atoms with Crippen LogP contribution in [0.3, 0.4) is 0 Å². The van der Waals surface area contributed by atoms with Gasteiger partial charge >= 0.3 is 0 Å². The molecule has 0 N–H and O–H groups in total. The molecule has 2 rings (SSSR count). The Kier molecular flexibility index (Phi) is 5.42. The molecule has 112 valence electrons. The molecule has 1 amide bonds. The second kappa shape index (κ2) is 7.72. The fraction of sp³-hybridized carbons (Fsp3) is 0.200. The molecule has 0 aliphatic heterocycles. The van der Waals surface area contributed by atoms with E-state index >= 15 is 0 Å². The zero-order chi connectivity index (χ0) is 15.8. The highest BCUT2D eigenvalue weighted by molar-refractivity contribution is 5.76. The second-order valence-electron chi connectivity index (χ2n) is 4.33. The Morgan fingerprint density at radius 1 is 1.41 bits per heavy atom. The van der Waals surface area contributed by atoms with Crippen LogP contribution in [0.1, 0.15) is 19.2 Å². The summed E-state index contributed by atoms with van der Waals surface area (Å²) in [6.45, 7) is 5.99. The van der Waals surface area contributed by atoms with E-state index in [1.807, 2.05) is 13.0 Å². The number of azo groups is 1. The first kappa shape index (κ1) is 15.4. The summed E-state index contributed by atoms with van der Waals surface area (Å²) in [4.78, 5) is 19.7. The van der Waals surface area contributed by atoms with Crippen LogP contribution in [0.4, 0.5) is 5.69 Å². The van der Waals surface area contributed by atoms with Crippen molar-refractivity contribution in [2.45, 2.75) is 19.9 Å². The third kappa shape index (κ3) is 4.27. The zero-order valence-corrected chi connectivity index (χ0v) is 12.3. The van der Waals surface area contributed by atoms with Gasteiger partial charge in [0.25, 0.3) is 5.91 Å². The molecule has 0 saturated heterocycles. The molecule has 0 saturated carbocycles. The van der Waals surface area contributed by atoms with Gasteiger partial charge in [0, 0.05) is 18.0 Å². The molecule has 0 aliphatic carbocycles. The lowest BCUT2D eigenvalue weighted by Gasteiger charge is -1.97. The van der Waals surface area contributed by atoms with Gasteiger partial charge in [-0.15, -0.1) is 10.2 Å². The molecule has 0 bridgehead atoms. The molecule has 0 atom stereocenters. The molecular weight excluding hydrogens is 280 g/mol. The average molecular weight is 296 g/mol. The van der Waals surface area contributed by atoms with Crippen LogP contribution in [0.5, 0.6) is 0 Å². The third-order valence-corrected chi connectivity index (χ3v) is 2.82. The van der Waals surface area contributed by atoms with Gasteiger partial charge in [0.15, 0.2) is 5.82 Å². The number of allylic oxidation sites excluding steroid dienone is 3. The van der Waals surface area contributed by atoms with Gasteiger partial charge in [-0.05, 0) is 19.1 Å². The van der Waals surface area contributed by atoms with Gasteiger partial charge in [0.2, 0.25) is 0 Å². The number of hydrogen-bond donors (Lipinski definition) is 0. The van der Waals surface area contributed by atoms with E-state index in [4.69, 9.17) is 0 Å². The van der Waals surface area contributed by atoms with Crippen molar-refractivity contribution in [3.8, 4) is 0 Å². The van der Waals surface area contributed by atoms with Crippen molar-refractivity contribution < 1.29 is 4.79 Å². The molecule has 0 aliphatic rings. The van der Waals surface area contributed by atoms with E-state index in [1.54, 1.807) is 41.6 Å². The van der Waals surface area contributed by atoms with Gasteiger partial charge in [-0.25, -0.2) is 4.98 Å². The SMILES string of the molecule is C=CC(=CC)c1ncn(CCC(=O)N=Nc2ccncc2)n1. The summed E-state index contributed by atoms with van der Waals surface area (Å²) in [5, 5.41) is 11.8. The van der Waals surface area contributed by atoms with E-state index in [0.717, 1.165) is 5.57 Å². The van der Waals surface area contributed by atoms with E-state index in [1.165, 1.54) is 0 Å². The molecule has 0 aromatic carbocycles. The fourth-order valence-corrected chi connectivity index (χ4v) is 1.66. The normalized spacial score (nSPS) is 11.8. The Morgan fingerprint density at radius 3 is 2.86 bits per heavy atom. The first-order valence-electron chi connectivity index (χ1n) is 6.76. The van der Waals surface area contributed by atoms with Crippen LogP contribution in [0.2, 0.25) is 0 Å². The van der Waals surface area contributed by atoms with Gasteiger partial charge in [0.1, 0.15) is 6.33 Å². The largest absolute Gasteiger partial charge is 0.271 e. The van der Waals surface area contributed by atoms with E-state index in [9.17, 15) is 4.79 Å². The van der Waals surface area contributed by atoms with Crippen LogP contribution in [0.25, 0.3) is 5.57 Å². The highest BCUT2D eigenvalue weighted by Gasteiger charge is 2.05. The lowest BCUT2D eigenvalue weighted by atomic mass is 10.2. The lowest BCUT2D eigenvalue weighted by Crippen LogP contribution is -2.04. The number of carbonyl (C=O) groups excluding carboxylic acids is 1. The maximum absolute atomic E-state index is 11.7. The van der Waals surface area contributed by atoms with Crippen molar-refractivity contribution in [2.24, 2.45) is 10.2 Å². The predicted octanol–water partition coefficient (Wildman–Crippen LogP) is 2.96. The highest BCUT2D eigenvalue weighted by Crippen LogP contribution is 2.10. The maximum atomic E-state index is 11.7. The first-order chi connectivity index (χ1) is 10.7. The quantitative estimate of drug-likeness (QED) is 0.606. The summed E-state index contributed by atoms with van der Waals surface area (Å²) in [6.07, 6.45) is 8.53. The van der Waals surface area contributed by atoms with E-state index in [2.05, 4.69) is 31.9 Å². The molecule has 0 unspecified atom stereocenters. The van der Waals surface area contributed by atoms with Gasteiger partial charge < -0.3 is 0 Å². The van der Waals surface area contributed by atoms with Crippen molar-refractivity contribution in [2.75, 3.05) is 0 Å². The number of aryl methyl sites for hydroxylation is 1. The molecule has 22 heavy (non-hydrogen) atoms. The van der Waals surface area contributed by atoms with Gasteiger partial charge in [0.05, 0.1) is 18.7 Å². The molecular formula is C15H16N6O. The Hall–Kier alpha value is -2.96. The fourth-order valence-electron chi connectivity index (χ4n) is 1.66. The number of aromatic nitrogens is 4. The van der Waals surface area contributed by atoms with Gasteiger partial charge in [-0.3, -0.25) is 14.5 Å². The number of rotatable bonds is 6. The maximum Gasteiger partial charge on any atom is 0.266 e. The first-order valence-corrected chi connectivity index (χ1v) is 6.76. The van der Waals surface area contributed by atoms with E-state index in [-0.39, 0.29) is 12.3 Å². The molecule has 2 aromatic heterocycles. The topological polar surface area (TPSA) is 85.4 Å². The molecule has 2 heterocycles. The van der Waals surface area contributed by atoms with Crippen molar-refractivity contribution in [3.05, 3.63) is 55.4 Å². The minimum atomic E-state index is -0.316. The van der Waals surface area contributed by atoms with Crippen molar-refractivity contribution in [1.82, 2.24) is 19.7 Å². The third-order valence-electron chi connectivity index (χ3n) is 2.82.